The van der Waals surface area contributed by atoms with Crippen molar-refractivity contribution >= 4 is 30.2 Å². The smallest absolute Gasteiger partial charge is 0.478 e. The third kappa shape index (κ3) is 3.29. The molecule has 1 aliphatic heterocycles. The number of rotatable bonds is 2. The zero-order valence-corrected chi connectivity index (χ0v) is 11.9. The summed E-state index contributed by atoms with van der Waals surface area (Å²) >= 11 is 5.94. The summed E-state index contributed by atoms with van der Waals surface area (Å²) in [6, 6.07) is 4.61. The molecule has 19 heavy (non-hydrogen) atoms. The summed E-state index contributed by atoms with van der Waals surface area (Å²) in [5.74, 6) is -1.02. The molecule has 0 spiro atoms. The van der Waals surface area contributed by atoms with Crippen molar-refractivity contribution in [1.29, 1.82) is 0 Å². The summed E-state index contributed by atoms with van der Waals surface area (Å²) < 4.78 is 11.5. The summed E-state index contributed by atoms with van der Waals surface area (Å²) in [4.78, 5) is 11.3. The maximum absolute atomic E-state index is 11.3. The topological polar surface area (TPSA) is 55.8 Å². The third-order valence-corrected chi connectivity index (χ3v) is 3.29. The maximum atomic E-state index is 11.3. The maximum Gasteiger partial charge on any atom is 0.495 e. The third-order valence-electron chi connectivity index (χ3n) is 3.06. The number of aromatic carboxylic acids is 1. The fraction of sp³-hybridized carbons (Fsp3) is 0.462. The van der Waals surface area contributed by atoms with E-state index < -0.39 is 13.1 Å². The zero-order valence-electron chi connectivity index (χ0n) is 11.1. The molecule has 0 bridgehead atoms. The molecule has 2 rings (SSSR count). The Morgan fingerprint density at radius 3 is 2.79 bits per heavy atom. The van der Waals surface area contributed by atoms with E-state index in [1.165, 1.54) is 6.07 Å². The minimum atomic E-state index is -1.02. The highest BCUT2D eigenvalue weighted by molar-refractivity contribution is 6.63. The molecule has 6 heteroatoms. The number of hydrogen-bond donors (Lipinski definition) is 1. The predicted molar refractivity (Wildman–Crippen MR) is 74.1 cm³/mol. The lowest BCUT2D eigenvalue weighted by Crippen LogP contribution is -2.53. The molecule has 1 heterocycles. The van der Waals surface area contributed by atoms with E-state index in [0.29, 0.717) is 10.5 Å². The van der Waals surface area contributed by atoms with E-state index in [9.17, 15) is 9.90 Å². The monoisotopic (exact) mass is 282 g/mol. The van der Waals surface area contributed by atoms with Crippen LogP contribution in [-0.2, 0) is 9.31 Å². The molecule has 4 nitrogen and oxygen atoms in total. The standard InChI is InChI=1S/C13H16BClO4/c1-8-7-13(2,3)19-14(18-8)11-6-9(15)4-5-10(11)12(16)17/h4-6,8H,7H2,1-3H3,(H,16,17). The lowest BCUT2D eigenvalue weighted by atomic mass is 9.72. The molecule has 0 amide bonds. The Balaban J connectivity index is 2.40. The largest absolute Gasteiger partial charge is 0.495 e. The van der Waals surface area contributed by atoms with Crippen LogP contribution in [-0.4, -0.2) is 29.9 Å². The average molecular weight is 283 g/mol. The minimum Gasteiger partial charge on any atom is -0.478 e. The van der Waals surface area contributed by atoms with E-state index in [1.807, 2.05) is 20.8 Å². The number of halogens is 1. The molecule has 0 aromatic heterocycles. The molecule has 1 saturated heterocycles. The van der Waals surface area contributed by atoms with Gasteiger partial charge in [0.2, 0.25) is 0 Å². The minimum absolute atomic E-state index is 0.00521. The van der Waals surface area contributed by atoms with Crippen molar-refractivity contribution in [2.45, 2.75) is 38.9 Å². The van der Waals surface area contributed by atoms with E-state index in [0.717, 1.165) is 6.42 Å². The summed E-state index contributed by atoms with van der Waals surface area (Å²) in [5, 5.41) is 9.69. The number of carboxylic acids is 1. The van der Waals surface area contributed by atoms with Crippen molar-refractivity contribution in [3.8, 4) is 0 Å². The fourth-order valence-corrected chi connectivity index (χ4v) is 2.56. The number of benzene rings is 1. The van der Waals surface area contributed by atoms with Crippen LogP contribution < -0.4 is 5.46 Å². The second-order valence-electron chi connectivity index (χ2n) is 5.40. The van der Waals surface area contributed by atoms with E-state index in [2.05, 4.69) is 0 Å². The normalized spacial score (nSPS) is 22.3. The predicted octanol–water partition coefficient (Wildman–Crippen LogP) is 2.34. The molecule has 1 aliphatic rings. The summed E-state index contributed by atoms with van der Waals surface area (Å²) in [6.07, 6.45) is 0.751. The molecule has 102 valence electrons. The molecule has 0 aliphatic carbocycles. The Labute approximate surface area is 117 Å². The Bertz CT molecular complexity index is 503. The van der Waals surface area contributed by atoms with Crippen molar-refractivity contribution < 1.29 is 19.2 Å². The van der Waals surface area contributed by atoms with Gasteiger partial charge in [-0.3, -0.25) is 0 Å². The molecule has 1 N–H and O–H groups in total. The lowest BCUT2D eigenvalue weighted by molar-refractivity contribution is -0.0231. The van der Waals surface area contributed by atoms with E-state index >= 15 is 0 Å². The number of carboxylic acid groups (broad SMARTS) is 1. The quantitative estimate of drug-likeness (QED) is 0.846. The van der Waals surface area contributed by atoms with Gasteiger partial charge in [0, 0.05) is 11.1 Å². The lowest BCUT2D eigenvalue weighted by Gasteiger charge is -2.38. The molecule has 0 saturated carbocycles. The van der Waals surface area contributed by atoms with E-state index in [-0.39, 0.29) is 17.3 Å². The van der Waals surface area contributed by atoms with Crippen LogP contribution in [0, 0.1) is 0 Å². The van der Waals surface area contributed by atoms with Gasteiger partial charge >= 0.3 is 13.1 Å². The van der Waals surface area contributed by atoms with Gasteiger partial charge in [-0.05, 0) is 50.9 Å². The molecule has 1 fully saturated rings. The van der Waals surface area contributed by atoms with Gasteiger partial charge < -0.3 is 14.4 Å². The van der Waals surface area contributed by atoms with Crippen LogP contribution >= 0.6 is 11.6 Å². The Hall–Kier alpha value is -1.04. The average Bonchev–Trinajstić information content (AvgIpc) is 2.25. The molecule has 1 aromatic carbocycles. The van der Waals surface area contributed by atoms with E-state index in [4.69, 9.17) is 20.9 Å². The van der Waals surface area contributed by atoms with Gasteiger partial charge in [0.1, 0.15) is 0 Å². The van der Waals surface area contributed by atoms with Crippen LogP contribution in [0.3, 0.4) is 0 Å². The first kappa shape index (κ1) is 14.4. The highest BCUT2D eigenvalue weighted by Gasteiger charge is 2.40. The second-order valence-corrected chi connectivity index (χ2v) is 5.83. The van der Waals surface area contributed by atoms with Crippen LogP contribution in [0.4, 0.5) is 0 Å². The van der Waals surface area contributed by atoms with Crippen LogP contribution in [0.2, 0.25) is 5.02 Å². The van der Waals surface area contributed by atoms with Gasteiger partial charge in [-0.1, -0.05) is 11.6 Å². The molecule has 1 atom stereocenters. The number of hydrogen-bond acceptors (Lipinski definition) is 3. The molecular weight excluding hydrogens is 266 g/mol. The van der Waals surface area contributed by atoms with Crippen molar-refractivity contribution in [2.24, 2.45) is 0 Å². The fourth-order valence-electron chi connectivity index (χ4n) is 2.38. The zero-order chi connectivity index (χ0) is 14.2. The molecule has 1 unspecified atom stereocenters. The Kier molecular flexibility index (Phi) is 3.90. The van der Waals surface area contributed by atoms with Crippen LogP contribution in [0.1, 0.15) is 37.6 Å². The van der Waals surface area contributed by atoms with Crippen molar-refractivity contribution in [2.75, 3.05) is 0 Å². The van der Waals surface area contributed by atoms with Crippen LogP contribution in [0.5, 0.6) is 0 Å². The van der Waals surface area contributed by atoms with Gasteiger partial charge in [0.05, 0.1) is 11.2 Å². The Morgan fingerprint density at radius 1 is 1.53 bits per heavy atom. The summed E-state index contributed by atoms with van der Waals surface area (Å²) in [6.45, 7) is 5.87. The first-order valence-electron chi connectivity index (χ1n) is 6.14. The molecule has 1 aromatic rings. The first-order chi connectivity index (χ1) is 8.78. The van der Waals surface area contributed by atoms with Crippen LogP contribution in [0.15, 0.2) is 18.2 Å². The van der Waals surface area contributed by atoms with Crippen molar-refractivity contribution in [3.05, 3.63) is 28.8 Å². The van der Waals surface area contributed by atoms with E-state index in [1.54, 1.807) is 12.1 Å². The highest BCUT2D eigenvalue weighted by Crippen LogP contribution is 2.26. The summed E-state index contributed by atoms with van der Waals surface area (Å²) in [5.41, 5.74) is 0.249. The van der Waals surface area contributed by atoms with Crippen molar-refractivity contribution in [3.63, 3.8) is 0 Å². The van der Waals surface area contributed by atoms with Crippen molar-refractivity contribution in [1.82, 2.24) is 0 Å². The summed E-state index contributed by atoms with van der Waals surface area (Å²) in [7, 11) is -0.705. The Morgan fingerprint density at radius 2 is 2.21 bits per heavy atom. The first-order valence-corrected chi connectivity index (χ1v) is 6.52. The van der Waals surface area contributed by atoms with Gasteiger partial charge in [0.15, 0.2) is 0 Å². The van der Waals surface area contributed by atoms with Gasteiger partial charge in [-0.15, -0.1) is 0 Å². The molecular formula is C13H16BClO4. The van der Waals surface area contributed by atoms with Gasteiger partial charge in [-0.2, -0.15) is 0 Å². The van der Waals surface area contributed by atoms with Crippen LogP contribution in [0.25, 0.3) is 0 Å². The van der Waals surface area contributed by atoms with Gasteiger partial charge in [-0.25, -0.2) is 4.79 Å². The molecule has 0 radical (unpaired) electrons. The second kappa shape index (κ2) is 5.15. The SMILES string of the molecule is CC1CC(C)(C)OB(c2cc(Cl)ccc2C(=O)O)O1. The van der Waals surface area contributed by atoms with Gasteiger partial charge in [0.25, 0.3) is 0 Å². The highest BCUT2D eigenvalue weighted by atomic mass is 35.5. The number of carbonyl (C=O) groups is 1.